The lowest BCUT2D eigenvalue weighted by molar-refractivity contribution is 0.0153. The summed E-state index contributed by atoms with van der Waals surface area (Å²) in [6.45, 7) is 5.40. The highest BCUT2D eigenvalue weighted by Gasteiger charge is 2.19. The zero-order valence-corrected chi connectivity index (χ0v) is 16.7. The molecule has 4 rings (SSSR count). The van der Waals surface area contributed by atoms with Gasteiger partial charge in [-0.05, 0) is 53.2 Å². The van der Waals surface area contributed by atoms with Crippen LogP contribution >= 0.6 is 15.9 Å². The maximum absolute atomic E-state index is 9.68. The minimum Gasteiger partial charge on any atom is -0.379 e. The monoisotopic (exact) mass is 427 g/mol. The van der Waals surface area contributed by atoms with Crippen molar-refractivity contribution in [1.82, 2.24) is 14.9 Å². The van der Waals surface area contributed by atoms with Gasteiger partial charge in [-0.15, -0.1) is 0 Å². The van der Waals surface area contributed by atoms with Crippen molar-refractivity contribution in [3.05, 3.63) is 53.1 Å². The van der Waals surface area contributed by atoms with Gasteiger partial charge >= 0.3 is 0 Å². The van der Waals surface area contributed by atoms with E-state index in [-0.39, 0.29) is 6.23 Å². The summed E-state index contributed by atoms with van der Waals surface area (Å²) < 4.78 is 0.956. The van der Waals surface area contributed by atoms with Gasteiger partial charge in [0, 0.05) is 53.6 Å². The number of aromatic nitrogens is 2. The van der Waals surface area contributed by atoms with Crippen molar-refractivity contribution in [3.63, 3.8) is 0 Å². The summed E-state index contributed by atoms with van der Waals surface area (Å²) in [7, 11) is 0. The number of nitrogens with zero attached hydrogens (tertiary/aromatic N) is 4. The van der Waals surface area contributed by atoms with Gasteiger partial charge in [0.25, 0.3) is 0 Å². The highest BCUT2D eigenvalue weighted by molar-refractivity contribution is 9.10. The molecule has 0 aliphatic carbocycles. The van der Waals surface area contributed by atoms with Gasteiger partial charge in [0.2, 0.25) is 5.95 Å². The summed E-state index contributed by atoms with van der Waals surface area (Å²) in [6, 6.07) is 14.3. The first-order valence-corrected chi connectivity index (χ1v) is 9.85. The second kappa shape index (κ2) is 7.80. The molecule has 7 heteroatoms. The smallest absolute Gasteiger partial charge is 0.227 e. The third-order valence-electron chi connectivity index (χ3n) is 4.89. The average molecular weight is 428 g/mol. The Morgan fingerprint density at radius 1 is 1.07 bits per heavy atom. The number of rotatable bonds is 4. The largest absolute Gasteiger partial charge is 0.379 e. The van der Waals surface area contributed by atoms with Crippen molar-refractivity contribution in [3.8, 4) is 0 Å². The first kappa shape index (κ1) is 18.2. The van der Waals surface area contributed by atoms with Gasteiger partial charge in [0.15, 0.2) is 0 Å². The summed E-state index contributed by atoms with van der Waals surface area (Å²) in [5.41, 5.74) is 3.03. The molecule has 6 nitrogen and oxygen atoms in total. The van der Waals surface area contributed by atoms with Gasteiger partial charge in [0.05, 0.1) is 5.52 Å². The van der Waals surface area contributed by atoms with E-state index in [4.69, 9.17) is 0 Å². The molecule has 1 fully saturated rings. The van der Waals surface area contributed by atoms with Crippen LogP contribution in [-0.2, 0) is 0 Å². The summed E-state index contributed by atoms with van der Waals surface area (Å²) in [4.78, 5) is 13.4. The van der Waals surface area contributed by atoms with Gasteiger partial charge in [0.1, 0.15) is 6.23 Å². The molecule has 0 bridgehead atoms. The van der Waals surface area contributed by atoms with Crippen LogP contribution in [0.2, 0.25) is 0 Å². The lowest BCUT2D eigenvalue weighted by Crippen LogP contribution is -2.49. The van der Waals surface area contributed by atoms with E-state index in [9.17, 15) is 5.11 Å². The number of nitrogens with one attached hydrogen (secondary N) is 1. The van der Waals surface area contributed by atoms with Crippen LogP contribution in [0, 0.1) is 0 Å². The van der Waals surface area contributed by atoms with Crippen LogP contribution in [0.5, 0.6) is 0 Å². The molecule has 0 spiro atoms. The Morgan fingerprint density at radius 3 is 2.52 bits per heavy atom. The van der Waals surface area contributed by atoms with Crippen LogP contribution in [0.1, 0.15) is 6.92 Å². The first-order chi connectivity index (χ1) is 13.1. The fourth-order valence-corrected chi connectivity index (χ4v) is 3.79. The number of hydrogen-bond acceptors (Lipinski definition) is 6. The van der Waals surface area contributed by atoms with Crippen molar-refractivity contribution >= 4 is 44.2 Å². The van der Waals surface area contributed by atoms with Crippen molar-refractivity contribution in [2.24, 2.45) is 0 Å². The number of hydrogen-bond donors (Lipinski definition) is 2. The number of benzene rings is 2. The quantitative estimate of drug-likeness (QED) is 0.662. The van der Waals surface area contributed by atoms with Crippen molar-refractivity contribution in [1.29, 1.82) is 0 Å². The van der Waals surface area contributed by atoms with Crippen LogP contribution in [0.3, 0.4) is 0 Å². The molecule has 27 heavy (non-hydrogen) atoms. The van der Waals surface area contributed by atoms with Gasteiger partial charge in [-0.2, -0.15) is 0 Å². The SMILES string of the molecule is CC(O)N1CCN(c2ccc(Nc3ncc4cccc(Br)c4n3)cc2)CC1. The molecular formula is C20H22BrN5O. The van der Waals surface area contributed by atoms with Gasteiger partial charge < -0.3 is 15.3 Å². The number of aliphatic hydroxyl groups excluding tert-OH is 1. The molecule has 2 N–H and O–H groups in total. The molecule has 1 aliphatic rings. The maximum Gasteiger partial charge on any atom is 0.227 e. The van der Waals surface area contributed by atoms with Crippen molar-refractivity contribution in [2.45, 2.75) is 13.2 Å². The van der Waals surface area contributed by atoms with E-state index in [0.717, 1.165) is 47.2 Å². The van der Waals surface area contributed by atoms with E-state index in [1.165, 1.54) is 5.69 Å². The highest BCUT2D eigenvalue weighted by Crippen LogP contribution is 2.24. The standard InChI is InChI=1S/C20H22BrN5O/c1-14(27)25-9-11-26(12-10-25)17-7-5-16(6-8-17)23-20-22-13-15-3-2-4-18(21)19(15)24-20/h2-8,13-14,27H,9-12H2,1H3,(H,22,23,24). The predicted molar refractivity (Wildman–Crippen MR) is 112 cm³/mol. The molecule has 1 aliphatic heterocycles. The Balaban J connectivity index is 1.45. The predicted octanol–water partition coefficient (Wildman–Crippen LogP) is 3.60. The normalized spacial score (nSPS) is 16.5. The van der Waals surface area contributed by atoms with E-state index in [0.29, 0.717) is 5.95 Å². The second-order valence-corrected chi connectivity index (χ2v) is 7.55. The first-order valence-electron chi connectivity index (χ1n) is 9.05. The van der Waals surface area contributed by atoms with E-state index >= 15 is 0 Å². The third kappa shape index (κ3) is 4.05. The van der Waals surface area contributed by atoms with Crippen LogP contribution in [0.15, 0.2) is 53.1 Å². The zero-order valence-electron chi connectivity index (χ0n) is 15.1. The van der Waals surface area contributed by atoms with Crippen LogP contribution in [0.25, 0.3) is 10.9 Å². The van der Waals surface area contributed by atoms with Gasteiger partial charge in [-0.1, -0.05) is 12.1 Å². The minimum atomic E-state index is -0.374. The summed E-state index contributed by atoms with van der Waals surface area (Å²) in [6.07, 6.45) is 1.45. The summed E-state index contributed by atoms with van der Waals surface area (Å²) in [5, 5.41) is 14.0. The Bertz CT molecular complexity index is 923. The molecule has 1 saturated heterocycles. The Morgan fingerprint density at radius 2 is 1.81 bits per heavy atom. The van der Waals surface area contributed by atoms with E-state index in [1.54, 1.807) is 0 Å². The minimum absolute atomic E-state index is 0.374. The van der Waals surface area contributed by atoms with Gasteiger partial charge in [-0.25, -0.2) is 9.97 Å². The summed E-state index contributed by atoms with van der Waals surface area (Å²) in [5.74, 6) is 0.577. The van der Waals surface area contributed by atoms with Crippen molar-refractivity contribution < 1.29 is 5.11 Å². The molecule has 0 radical (unpaired) electrons. The van der Waals surface area contributed by atoms with E-state index in [2.05, 4.69) is 53.1 Å². The molecule has 2 heterocycles. The molecule has 1 atom stereocenters. The molecule has 3 aromatic rings. The van der Waals surface area contributed by atoms with Crippen molar-refractivity contribution in [2.75, 3.05) is 36.4 Å². The number of anilines is 3. The molecule has 0 saturated carbocycles. The molecule has 1 aromatic heterocycles. The number of fused-ring (bicyclic) bond motifs is 1. The lowest BCUT2D eigenvalue weighted by atomic mass is 10.2. The number of piperazine rings is 1. The van der Waals surface area contributed by atoms with Crippen LogP contribution in [0.4, 0.5) is 17.3 Å². The van der Waals surface area contributed by atoms with E-state index in [1.807, 2.05) is 43.5 Å². The Hall–Kier alpha value is -2.22. The number of aliphatic hydroxyl groups is 1. The lowest BCUT2D eigenvalue weighted by Gasteiger charge is -2.37. The third-order valence-corrected chi connectivity index (χ3v) is 5.53. The number of halogens is 1. The number of para-hydroxylation sites is 1. The van der Waals surface area contributed by atoms with Crippen LogP contribution < -0.4 is 10.2 Å². The molecule has 140 valence electrons. The maximum atomic E-state index is 9.68. The fourth-order valence-electron chi connectivity index (χ4n) is 3.32. The molecule has 0 amide bonds. The zero-order chi connectivity index (χ0) is 18.8. The highest BCUT2D eigenvalue weighted by atomic mass is 79.9. The Labute approximate surface area is 167 Å². The van der Waals surface area contributed by atoms with E-state index < -0.39 is 0 Å². The fraction of sp³-hybridized carbons (Fsp3) is 0.300. The topological polar surface area (TPSA) is 64.5 Å². The Kier molecular flexibility index (Phi) is 5.24. The second-order valence-electron chi connectivity index (χ2n) is 6.70. The van der Waals surface area contributed by atoms with Crippen LogP contribution in [-0.4, -0.2) is 52.4 Å². The summed E-state index contributed by atoms with van der Waals surface area (Å²) >= 11 is 3.54. The van der Waals surface area contributed by atoms with Gasteiger partial charge in [-0.3, -0.25) is 4.90 Å². The molecule has 1 unspecified atom stereocenters. The average Bonchev–Trinajstić information content (AvgIpc) is 2.69. The molecular weight excluding hydrogens is 406 g/mol. The molecule has 2 aromatic carbocycles.